The summed E-state index contributed by atoms with van der Waals surface area (Å²) in [6.45, 7) is 6.08. The highest BCUT2D eigenvalue weighted by molar-refractivity contribution is 5.76. The van der Waals surface area contributed by atoms with Crippen LogP contribution in [0.3, 0.4) is 0 Å². The molecule has 5 nitrogen and oxygen atoms in total. The van der Waals surface area contributed by atoms with Crippen molar-refractivity contribution in [2.24, 2.45) is 0 Å². The summed E-state index contributed by atoms with van der Waals surface area (Å²) in [7, 11) is 0. The molecule has 0 radical (unpaired) electrons. The second-order valence-corrected chi connectivity index (χ2v) is 6.73. The van der Waals surface area contributed by atoms with E-state index < -0.39 is 0 Å². The summed E-state index contributed by atoms with van der Waals surface area (Å²) in [5.74, 6) is -0.0756. The van der Waals surface area contributed by atoms with Crippen LogP contribution < -0.4 is 5.32 Å². The summed E-state index contributed by atoms with van der Waals surface area (Å²) in [6, 6.07) is 8.59. The summed E-state index contributed by atoms with van der Waals surface area (Å²) in [5, 5.41) is 7.81. The average Bonchev–Trinajstić information content (AvgIpc) is 2.92. The van der Waals surface area contributed by atoms with Crippen molar-refractivity contribution in [3.8, 4) is 0 Å². The van der Waals surface area contributed by atoms with E-state index in [0.29, 0.717) is 19.5 Å². The Hall–Kier alpha value is -2.37. The molecule has 1 aliphatic rings. The second-order valence-electron chi connectivity index (χ2n) is 6.73. The van der Waals surface area contributed by atoms with E-state index in [-0.39, 0.29) is 17.8 Å². The number of amides is 1. The smallest absolute Gasteiger partial charge is 0.224 e. The number of nitrogens with zero attached hydrogens (tertiary/aromatic N) is 3. The van der Waals surface area contributed by atoms with Crippen molar-refractivity contribution in [2.75, 3.05) is 18.4 Å². The molecule has 6 heteroatoms. The van der Waals surface area contributed by atoms with Crippen LogP contribution >= 0.6 is 0 Å². The molecule has 0 saturated carbocycles. The van der Waals surface area contributed by atoms with Gasteiger partial charge >= 0.3 is 0 Å². The van der Waals surface area contributed by atoms with E-state index in [9.17, 15) is 9.18 Å². The molecule has 1 saturated heterocycles. The topological polar surface area (TPSA) is 50.2 Å². The maximum Gasteiger partial charge on any atom is 0.224 e. The fourth-order valence-electron chi connectivity index (χ4n) is 3.36. The Labute approximate surface area is 147 Å². The lowest BCUT2D eigenvalue weighted by molar-refractivity contribution is -0.132. The monoisotopic (exact) mass is 344 g/mol. The minimum absolute atomic E-state index is 0.165. The zero-order valence-corrected chi connectivity index (χ0v) is 14.8. The normalized spacial score (nSPS) is 17.6. The van der Waals surface area contributed by atoms with E-state index in [0.717, 1.165) is 36.5 Å². The largest absolute Gasteiger partial charge is 0.381 e. The third kappa shape index (κ3) is 4.59. The zero-order valence-electron chi connectivity index (χ0n) is 14.8. The van der Waals surface area contributed by atoms with E-state index in [1.165, 1.54) is 12.1 Å². The molecule has 1 amide bonds. The van der Waals surface area contributed by atoms with Crippen LogP contribution in [0, 0.1) is 19.7 Å². The van der Waals surface area contributed by atoms with Gasteiger partial charge in [0.25, 0.3) is 0 Å². The van der Waals surface area contributed by atoms with Gasteiger partial charge in [-0.25, -0.2) is 4.39 Å². The highest BCUT2D eigenvalue weighted by Crippen LogP contribution is 2.17. The van der Waals surface area contributed by atoms with Gasteiger partial charge in [-0.1, -0.05) is 0 Å². The average molecular weight is 344 g/mol. The number of likely N-dealkylation sites (tertiary alicyclic amines) is 1. The molecular formula is C19H25FN4O. The Balaban J connectivity index is 1.52. The van der Waals surface area contributed by atoms with Gasteiger partial charge in [0.05, 0.1) is 5.69 Å². The predicted molar refractivity (Wildman–Crippen MR) is 95.9 cm³/mol. The third-order valence-corrected chi connectivity index (χ3v) is 4.63. The number of rotatable bonds is 5. The van der Waals surface area contributed by atoms with Crippen molar-refractivity contribution < 1.29 is 9.18 Å². The van der Waals surface area contributed by atoms with Crippen LogP contribution in [-0.4, -0.2) is 39.7 Å². The van der Waals surface area contributed by atoms with E-state index >= 15 is 0 Å². The van der Waals surface area contributed by atoms with Gasteiger partial charge in [0.1, 0.15) is 5.82 Å². The highest BCUT2D eigenvalue weighted by Gasteiger charge is 2.23. The number of anilines is 1. The molecule has 1 fully saturated rings. The van der Waals surface area contributed by atoms with Gasteiger partial charge in [0.15, 0.2) is 0 Å². The number of aryl methyl sites for hydroxylation is 3. The molecule has 3 rings (SSSR count). The van der Waals surface area contributed by atoms with Gasteiger partial charge in [0, 0.05) is 43.5 Å². The number of benzene rings is 1. The number of halogens is 1. The number of hydrogen-bond donors (Lipinski definition) is 1. The molecule has 25 heavy (non-hydrogen) atoms. The quantitative estimate of drug-likeness (QED) is 0.907. The van der Waals surface area contributed by atoms with E-state index in [1.807, 2.05) is 29.5 Å². The van der Waals surface area contributed by atoms with Crippen LogP contribution in [0.25, 0.3) is 0 Å². The molecule has 1 N–H and O–H groups in total. The Bertz CT molecular complexity index is 726. The first-order chi connectivity index (χ1) is 12.0. The van der Waals surface area contributed by atoms with Crippen molar-refractivity contribution in [2.45, 2.75) is 45.7 Å². The SMILES string of the molecule is Cc1cc(C)n(CCC(=O)N2CCC[C@H](Nc3ccc(F)cc3)C2)n1. The molecule has 2 aromatic rings. The minimum Gasteiger partial charge on any atom is -0.381 e. The predicted octanol–water partition coefficient (Wildman–Crippen LogP) is 3.13. The number of piperidine rings is 1. The molecule has 2 heterocycles. The summed E-state index contributed by atoms with van der Waals surface area (Å²) in [4.78, 5) is 14.5. The number of carbonyl (C=O) groups is 1. The van der Waals surface area contributed by atoms with Crippen molar-refractivity contribution in [1.29, 1.82) is 0 Å². The van der Waals surface area contributed by atoms with E-state index in [4.69, 9.17) is 0 Å². The molecule has 1 aromatic carbocycles. The van der Waals surface area contributed by atoms with Crippen LogP contribution in [-0.2, 0) is 11.3 Å². The molecular weight excluding hydrogens is 319 g/mol. The van der Waals surface area contributed by atoms with Crippen LogP contribution in [0.2, 0.25) is 0 Å². The first-order valence-corrected chi connectivity index (χ1v) is 8.82. The minimum atomic E-state index is -0.241. The number of aromatic nitrogens is 2. The van der Waals surface area contributed by atoms with Gasteiger partial charge in [0.2, 0.25) is 5.91 Å². The van der Waals surface area contributed by atoms with Gasteiger partial charge in [-0.05, 0) is 57.0 Å². The Morgan fingerprint density at radius 1 is 1.32 bits per heavy atom. The highest BCUT2D eigenvalue weighted by atomic mass is 19.1. The van der Waals surface area contributed by atoms with Gasteiger partial charge in [-0.3, -0.25) is 9.48 Å². The van der Waals surface area contributed by atoms with E-state index in [2.05, 4.69) is 10.4 Å². The number of hydrogen-bond acceptors (Lipinski definition) is 3. The van der Waals surface area contributed by atoms with Gasteiger partial charge in [-0.15, -0.1) is 0 Å². The lowest BCUT2D eigenvalue weighted by Gasteiger charge is -2.34. The van der Waals surface area contributed by atoms with Crippen molar-refractivity contribution in [3.05, 3.63) is 47.5 Å². The molecule has 1 atom stereocenters. The first-order valence-electron chi connectivity index (χ1n) is 8.82. The third-order valence-electron chi connectivity index (χ3n) is 4.63. The standard InChI is InChI=1S/C19H25FN4O/c1-14-12-15(2)24(22-14)11-9-19(25)23-10-3-4-18(13-23)21-17-7-5-16(20)6-8-17/h5-8,12,18,21H,3-4,9-11,13H2,1-2H3/t18-/m0/s1. The van der Waals surface area contributed by atoms with Crippen molar-refractivity contribution in [1.82, 2.24) is 14.7 Å². The Morgan fingerprint density at radius 2 is 2.08 bits per heavy atom. The number of nitrogens with one attached hydrogen (secondary N) is 1. The lowest BCUT2D eigenvalue weighted by atomic mass is 10.0. The molecule has 134 valence electrons. The maximum absolute atomic E-state index is 13.0. The fourth-order valence-corrected chi connectivity index (χ4v) is 3.36. The van der Waals surface area contributed by atoms with Crippen molar-refractivity contribution in [3.63, 3.8) is 0 Å². The Kier molecular flexibility index (Phi) is 5.36. The van der Waals surface area contributed by atoms with Crippen LogP contribution in [0.15, 0.2) is 30.3 Å². The van der Waals surface area contributed by atoms with Crippen LogP contribution in [0.4, 0.5) is 10.1 Å². The Morgan fingerprint density at radius 3 is 2.76 bits per heavy atom. The molecule has 0 bridgehead atoms. The molecule has 1 aromatic heterocycles. The summed E-state index contributed by atoms with van der Waals surface area (Å²) in [5.41, 5.74) is 2.95. The lowest BCUT2D eigenvalue weighted by Crippen LogP contribution is -2.45. The zero-order chi connectivity index (χ0) is 17.8. The molecule has 1 aliphatic heterocycles. The molecule has 0 unspecified atom stereocenters. The fraction of sp³-hybridized carbons (Fsp3) is 0.474. The molecule has 0 aliphatic carbocycles. The summed E-state index contributed by atoms with van der Waals surface area (Å²) >= 11 is 0. The number of carbonyl (C=O) groups excluding carboxylic acids is 1. The van der Waals surface area contributed by atoms with Crippen LogP contribution in [0.1, 0.15) is 30.7 Å². The first kappa shape index (κ1) is 17.5. The van der Waals surface area contributed by atoms with Crippen molar-refractivity contribution >= 4 is 11.6 Å². The van der Waals surface area contributed by atoms with Gasteiger partial charge < -0.3 is 10.2 Å². The summed E-state index contributed by atoms with van der Waals surface area (Å²) in [6.07, 6.45) is 2.45. The van der Waals surface area contributed by atoms with Gasteiger partial charge in [-0.2, -0.15) is 5.10 Å². The summed E-state index contributed by atoms with van der Waals surface area (Å²) < 4.78 is 14.9. The second kappa shape index (κ2) is 7.68. The maximum atomic E-state index is 13.0. The van der Waals surface area contributed by atoms with Crippen LogP contribution in [0.5, 0.6) is 0 Å². The molecule has 0 spiro atoms. The van der Waals surface area contributed by atoms with E-state index in [1.54, 1.807) is 12.1 Å².